The monoisotopic (exact) mass is 260 g/mol. The average Bonchev–Trinajstić information content (AvgIpc) is 2.54. The number of hydrogen-bond donors (Lipinski definition) is 0. The minimum absolute atomic E-state index is 0.557. The van der Waals surface area contributed by atoms with Crippen LogP contribution >= 0.6 is 27.3 Å². The number of aryl methyl sites for hydroxylation is 1. The Morgan fingerprint density at radius 3 is 2.31 bits per heavy atom. The van der Waals surface area contributed by atoms with Crippen LogP contribution in [-0.4, -0.2) is 0 Å². The third kappa shape index (κ3) is 2.81. The number of alkyl halides is 1. The molecule has 0 nitrogen and oxygen atoms in total. The molecule has 1 unspecified atom stereocenters. The Labute approximate surface area is 93.5 Å². The van der Waals surface area contributed by atoms with E-state index in [2.05, 4.69) is 48.8 Å². The van der Waals surface area contributed by atoms with Gasteiger partial charge in [-0.15, -0.1) is 11.3 Å². The molecular weight excluding hydrogens is 244 g/mol. The van der Waals surface area contributed by atoms with Crippen molar-refractivity contribution < 1.29 is 0 Å². The summed E-state index contributed by atoms with van der Waals surface area (Å²) in [6.07, 6.45) is 2.51. The van der Waals surface area contributed by atoms with Crippen molar-refractivity contribution >= 4 is 27.3 Å². The molecule has 0 aliphatic heterocycles. The van der Waals surface area contributed by atoms with Crippen molar-refractivity contribution in [1.29, 1.82) is 0 Å². The first kappa shape index (κ1) is 11.3. The van der Waals surface area contributed by atoms with Crippen LogP contribution in [0, 0.1) is 12.8 Å². The van der Waals surface area contributed by atoms with Crippen LogP contribution in [0.2, 0.25) is 0 Å². The van der Waals surface area contributed by atoms with E-state index in [1.54, 1.807) is 0 Å². The zero-order valence-electron chi connectivity index (χ0n) is 8.51. The third-order valence-corrected chi connectivity index (χ3v) is 5.12. The molecule has 1 rings (SSSR count). The van der Waals surface area contributed by atoms with Gasteiger partial charge in [-0.05, 0) is 25.0 Å². The minimum atomic E-state index is 0.557. The van der Waals surface area contributed by atoms with Gasteiger partial charge >= 0.3 is 0 Å². The molecule has 0 spiro atoms. The normalized spacial score (nSPS) is 13.6. The molecule has 1 atom stereocenters. The predicted octanol–water partition coefficient (Wildman–Crippen LogP) is 4.93. The van der Waals surface area contributed by atoms with Crippen molar-refractivity contribution in [3.8, 4) is 0 Å². The number of rotatable bonds is 4. The van der Waals surface area contributed by atoms with E-state index in [-0.39, 0.29) is 0 Å². The van der Waals surface area contributed by atoms with Gasteiger partial charge in [0.25, 0.3) is 0 Å². The highest BCUT2D eigenvalue weighted by Crippen LogP contribution is 2.38. The van der Waals surface area contributed by atoms with Crippen LogP contribution in [0.4, 0.5) is 0 Å². The highest BCUT2D eigenvalue weighted by atomic mass is 79.9. The van der Waals surface area contributed by atoms with Crippen molar-refractivity contribution in [1.82, 2.24) is 0 Å². The maximum atomic E-state index is 3.80. The molecule has 0 aliphatic carbocycles. The summed E-state index contributed by atoms with van der Waals surface area (Å²) in [6.45, 7) is 6.70. The van der Waals surface area contributed by atoms with E-state index in [0.29, 0.717) is 4.83 Å². The van der Waals surface area contributed by atoms with Gasteiger partial charge in [-0.25, -0.2) is 0 Å². The molecule has 0 fully saturated rings. The second-order valence-corrected chi connectivity index (χ2v) is 5.73. The molecular formula is C11H17BrS. The molecule has 0 bridgehead atoms. The zero-order valence-corrected chi connectivity index (χ0v) is 10.9. The summed E-state index contributed by atoms with van der Waals surface area (Å²) >= 11 is 5.70. The summed E-state index contributed by atoms with van der Waals surface area (Å²) in [6, 6.07) is 4.45. The summed E-state index contributed by atoms with van der Waals surface area (Å²) in [4.78, 5) is 3.44. The van der Waals surface area contributed by atoms with E-state index in [1.165, 1.54) is 22.6 Å². The van der Waals surface area contributed by atoms with Gasteiger partial charge < -0.3 is 0 Å². The second-order valence-electron chi connectivity index (χ2n) is 3.43. The van der Waals surface area contributed by atoms with Gasteiger partial charge in [-0.1, -0.05) is 42.6 Å². The number of thiophene rings is 1. The van der Waals surface area contributed by atoms with Gasteiger partial charge in [0.15, 0.2) is 0 Å². The maximum Gasteiger partial charge on any atom is 0.0517 e. The minimum Gasteiger partial charge on any atom is -0.145 e. The lowest BCUT2D eigenvalue weighted by Crippen LogP contribution is -2.03. The SMILES string of the molecule is CCC(CC)C(Br)c1ccc(C)s1. The lowest BCUT2D eigenvalue weighted by Gasteiger charge is -2.17. The summed E-state index contributed by atoms with van der Waals surface area (Å²) in [5.41, 5.74) is 0. The molecule has 1 heterocycles. The van der Waals surface area contributed by atoms with Crippen LogP contribution in [0.25, 0.3) is 0 Å². The summed E-state index contributed by atoms with van der Waals surface area (Å²) in [5.74, 6) is 0.776. The van der Waals surface area contributed by atoms with E-state index in [0.717, 1.165) is 5.92 Å². The molecule has 1 aromatic rings. The Hall–Kier alpha value is 0.180. The van der Waals surface area contributed by atoms with Crippen LogP contribution in [0.3, 0.4) is 0 Å². The molecule has 0 aromatic carbocycles. The second kappa shape index (κ2) is 5.16. The van der Waals surface area contributed by atoms with Crippen molar-refractivity contribution in [3.05, 3.63) is 21.9 Å². The molecule has 0 amide bonds. The molecule has 0 saturated heterocycles. The molecule has 0 radical (unpaired) electrons. The van der Waals surface area contributed by atoms with Crippen LogP contribution in [-0.2, 0) is 0 Å². The third-order valence-electron chi connectivity index (χ3n) is 2.50. The van der Waals surface area contributed by atoms with Gasteiger partial charge in [0.2, 0.25) is 0 Å². The van der Waals surface area contributed by atoms with E-state index >= 15 is 0 Å². The fourth-order valence-electron chi connectivity index (χ4n) is 1.54. The van der Waals surface area contributed by atoms with Crippen molar-refractivity contribution in [2.24, 2.45) is 5.92 Å². The Morgan fingerprint density at radius 2 is 1.92 bits per heavy atom. The molecule has 0 N–H and O–H groups in total. The Balaban J connectivity index is 2.71. The zero-order chi connectivity index (χ0) is 9.84. The van der Waals surface area contributed by atoms with Gasteiger partial charge in [0.1, 0.15) is 0 Å². The van der Waals surface area contributed by atoms with Gasteiger partial charge in [0.05, 0.1) is 4.83 Å². The van der Waals surface area contributed by atoms with E-state index < -0.39 is 0 Å². The van der Waals surface area contributed by atoms with E-state index in [1.807, 2.05) is 11.3 Å². The molecule has 0 aliphatic rings. The first-order valence-corrected chi connectivity index (χ1v) is 6.62. The molecule has 1 aromatic heterocycles. The summed E-state index contributed by atoms with van der Waals surface area (Å²) in [7, 11) is 0. The van der Waals surface area contributed by atoms with Crippen LogP contribution in [0.15, 0.2) is 12.1 Å². The highest BCUT2D eigenvalue weighted by Gasteiger charge is 2.18. The largest absolute Gasteiger partial charge is 0.145 e. The van der Waals surface area contributed by atoms with Gasteiger partial charge in [-0.2, -0.15) is 0 Å². The number of hydrogen-bond acceptors (Lipinski definition) is 1. The van der Waals surface area contributed by atoms with Gasteiger partial charge in [0, 0.05) is 9.75 Å². The van der Waals surface area contributed by atoms with E-state index in [4.69, 9.17) is 0 Å². The fraction of sp³-hybridized carbons (Fsp3) is 0.636. The quantitative estimate of drug-likeness (QED) is 0.674. The molecule has 2 heteroatoms. The van der Waals surface area contributed by atoms with Crippen molar-refractivity contribution in [3.63, 3.8) is 0 Å². The Bertz CT molecular complexity index is 250. The van der Waals surface area contributed by atoms with Crippen molar-refractivity contribution in [2.75, 3.05) is 0 Å². The predicted molar refractivity (Wildman–Crippen MR) is 64.8 cm³/mol. The first-order chi connectivity index (χ1) is 6.19. The molecule has 74 valence electrons. The smallest absolute Gasteiger partial charge is 0.0517 e. The van der Waals surface area contributed by atoms with Crippen LogP contribution < -0.4 is 0 Å². The summed E-state index contributed by atoms with van der Waals surface area (Å²) in [5, 5.41) is 0. The summed E-state index contributed by atoms with van der Waals surface area (Å²) < 4.78 is 0. The highest BCUT2D eigenvalue weighted by molar-refractivity contribution is 9.09. The lowest BCUT2D eigenvalue weighted by molar-refractivity contribution is 0.490. The molecule has 0 saturated carbocycles. The van der Waals surface area contributed by atoms with Gasteiger partial charge in [-0.3, -0.25) is 0 Å². The topological polar surface area (TPSA) is 0 Å². The first-order valence-electron chi connectivity index (χ1n) is 4.89. The van der Waals surface area contributed by atoms with Crippen LogP contribution in [0.1, 0.15) is 41.3 Å². The standard InChI is InChI=1S/C11H17BrS/c1-4-9(5-2)11(12)10-7-6-8(3)13-10/h6-7,9,11H,4-5H2,1-3H3. The lowest BCUT2D eigenvalue weighted by atomic mass is 9.99. The van der Waals surface area contributed by atoms with E-state index in [9.17, 15) is 0 Å². The Kier molecular flexibility index (Phi) is 4.47. The number of halogens is 1. The average molecular weight is 261 g/mol. The maximum absolute atomic E-state index is 3.80. The molecule has 13 heavy (non-hydrogen) atoms. The van der Waals surface area contributed by atoms with Crippen molar-refractivity contribution in [2.45, 2.75) is 38.4 Å². The van der Waals surface area contributed by atoms with Crippen LogP contribution in [0.5, 0.6) is 0 Å². The fourth-order valence-corrected chi connectivity index (χ4v) is 3.67. The Morgan fingerprint density at radius 1 is 1.31 bits per heavy atom.